The van der Waals surface area contributed by atoms with Gasteiger partial charge in [0.2, 0.25) is 0 Å². The number of aryl methyl sites for hydroxylation is 1. The zero-order chi connectivity index (χ0) is 19.9. The SMILES string of the molecule is Cc1nc(NCCNC(=O)c2ccc(N(C)C)cc2)cc(N2CCOCC2)n1. The molecule has 2 aromatic rings. The Morgan fingerprint density at radius 1 is 1.14 bits per heavy atom. The van der Waals surface area contributed by atoms with Crippen molar-refractivity contribution in [3.63, 3.8) is 0 Å². The quantitative estimate of drug-likeness (QED) is 0.701. The maximum absolute atomic E-state index is 12.3. The van der Waals surface area contributed by atoms with E-state index in [2.05, 4.69) is 25.5 Å². The first-order chi connectivity index (χ1) is 13.5. The summed E-state index contributed by atoms with van der Waals surface area (Å²) in [6.45, 7) is 6.07. The molecule has 0 saturated carbocycles. The van der Waals surface area contributed by atoms with Crippen LogP contribution in [0.2, 0.25) is 0 Å². The van der Waals surface area contributed by atoms with E-state index in [4.69, 9.17) is 4.74 Å². The topological polar surface area (TPSA) is 82.6 Å². The Morgan fingerprint density at radius 2 is 1.86 bits per heavy atom. The molecule has 3 rings (SSSR count). The maximum Gasteiger partial charge on any atom is 0.251 e. The van der Waals surface area contributed by atoms with Gasteiger partial charge in [0.15, 0.2) is 0 Å². The Morgan fingerprint density at radius 3 is 2.54 bits per heavy atom. The third kappa shape index (κ3) is 5.32. The summed E-state index contributed by atoms with van der Waals surface area (Å²) >= 11 is 0. The van der Waals surface area contributed by atoms with Crippen molar-refractivity contribution in [2.45, 2.75) is 6.92 Å². The number of carbonyl (C=O) groups is 1. The second kappa shape index (κ2) is 9.36. The lowest BCUT2D eigenvalue weighted by Crippen LogP contribution is -2.37. The van der Waals surface area contributed by atoms with Crippen molar-refractivity contribution in [3.8, 4) is 0 Å². The van der Waals surface area contributed by atoms with Crippen LogP contribution in [0, 0.1) is 6.92 Å². The van der Waals surface area contributed by atoms with E-state index in [0.717, 1.165) is 36.2 Å². The molecular weight excluding hydrogens is 356 g/mol. The molecule has 1 saturated heterocycles. The number of nitrogens with one attached hydrogen (secondary N) is 2. The minimum absolute atomic E-state index is 0.0834. The summed E-state index contributed by atoms with van der Waals surface area (Å²) in [6.07, 6.45) is 0. The highest BCUT2D eigenvalue weighted by Crippen LogP contribution is 2.17. The Hall–Kier alpha value is -2.87. The largest absolute Gasteiger partial charge is 0.378 e. The van der Waals surface area contributed by atoms with Crippen molar-refractivity contribution in [1.82, 2.24) is 15.3 Å². The van der Waals surface area contributed by atoms with Gasteiger partial charge >= 0.3 is 0 Å². The molecule has 1 aromatic heterocycles. The number of nitrogens with zero attached hydrogens (tertiary/aromatic N) is 4. The van der Waals surface area contributed by atoms with Gasteiger partial charge in [-0.3, -0.25) is 4.79 Å². The van der Waals surface area contributed by atoms with Crippen LogP contribution in [0.15, 0.2) is 30.3 Å². The minimum atomic E-state index is -0.0834. The number of rotatable bonds is 7. The first kappa shape index (κ1) is 19.9. The Kier molecular flexibility index (Phi) is 6.65. The molecule has 1 aromatic carbocycles. The van der Waals surface area contributed by atoms with Gasteiger partial charge in [0.1, 0.15) is 17.5 Å². The third-order valence-electron chi connectivity index (χ3n) is 4.52. The van der Waals surface area contributed by atoms with Crippen molar-refractivity contribution in [2.75, 3.05) is 68.6 Å². The van der Waals surface area contributed by atoms with Gasteiger partial charge in [0, 0.05) is 57.6 Å². The van der Waals surface area contributed by atoms with E-state index in [1.165, 1.54) is 0 Å². The smallest absolute Gasteiger partial charge is 0.251 e. The van der Waals surface area contributed by atoms with E-state index in [9.17, 15) is 4.79 Å². The second-order valence-electron chi connectivity index (χ2n) is 6.88. The van der Waals surface area contributed by atoms with Gasteiger partial charge in [-0.15, -0.1) is 0 Å². The molecule has 2 heterocycles. The van der Waals surface area contributed by atoms with Crippen LogP contribution in [0.25, 0.3) is 0 Å². The van der Waals surface area contributed by atoms with Gasteiger partial charge in [-0.05, 0) is 31.2 Å². The lowest BCUT2D eigenvalue weighted by Gasteiger charge is -2.28. The summed E-state index contributed by atoms with van der Waals surface area (Å²) in [5.41, 5.74) is 1.71. The number of aromatic nitrogens is 2. The van der Waals surface area contributed by atoms with E-state index >= 15 is 0 Å². The molecule has 0 unspecified atom stereocenters. The second-order valence-corrected chi connectivity index (χ2v) is 6.88. The number of benzene rings is 1. The zero-order valence-corrected chi connectivity index (χ0v) is 16.7. The molecule has 1 fully saturated rings. The Bertz CT molecular complexity index is 788. The van der Waals surface area contributed by atoms with Crippen LogP contribution in [0.5, 0.6) is 0 Å². The summed E-state index contributed by atoms with van der Waals surface area (Å²) in [4.78, 5) is 25.4. The highest BCUT2D eigenvalue weighted by Gasteiger charge is 2.14. The number of hydrogen-bond donors (Lipinski definition) is 2. The van der Waals surface area contributed by atoms with E-state index in [0.29, 0.717) is 31.9 Å². The fourth-order valence-electron chi connectivity index (χ4n) is 2.98. The number of hydrogen-bond acceptors (Lipinski definition) is 7. The monoisotopic (exact) mass is 384 g/mol. The lowest BCUT2D eigenvalue weighted by atomic mass is 10.2. The third-order valence-corrected chi connectivity index (χ3v) is 4.52. The molecule has 0 radical (unpaired) electrons. The molecule has 2 N–H and O–H groups in total. The Balaban J connectivity index is 1.49. The number of carbonyl (C=O) groups excluding carboxylic acids is 1. The van der Waals surface area contributed by atoms with Crippen LogP contribution in [0.3, 0.4) is 0 Å². The van der Waals surface area contributed by atoms with Crippen LogP contribution < -0.4 is 20.4 Å². The molecular formula is C20H28N6O2. The summed E-state index contributed by atoms with van der Waals surface area (Å²) in [5.74, 6) is 2.30. The molecule has 0 atom stereocenters. The van der Waals surface area contributed by atoms with Gasteiger partial charge in [0.05, 0.1) is 13.2 Å². The number of morpholine rings is 1. The average molecular weight is 384 g/mol. The maximum atomic E-state index is 12.3. The summed E-state index contributed by atoms with van der Waals surface area (Å²) in [6, 6.07) is 9.48. The molecule has 8 heteroatoms. The predicted molar refractivity (Wildman–Crippen MR) is 111 cm³/mol. The summed E-state index contributed by atoms with van der Waals surface area (Å²) in [5, 5.41) is 6.19. The van der Waals surface area contributed by atoms with Gasteiger partial charge in [-0.1, -0.05) is 0 Å². The van der Waals surface area contributed by atoms with Crippen molar-refractivity contribution in [3.05, 3.63) is 41.7 Å². The van der Waals surface area contributed by atoms with Crippen LogP contribution in [-0.2, 0) is 4.74 Å². The highest BCUT2D eigenvalue weighted by molar-refractivity contribution is 5.94. The van der Waals surface area contributed by atoms with Gasteiger partial charge in [-0.25, -0.2) is 9.97 Å². The molecule has 1 aliphatic heterocycles. The molecule has 1 aliphatic rings. The first-order valence-corrected chi connectivity index (χ1v) is 9.51. The number of amides is 1. The molecule has 28 heavy (non-hydrogen) atoms. The fraction of sp³-hybridized carbons (Fsp3) is 0.450. The van der Waals surface area contributed by atoms with E-state index < -0.39 is 0 Å². The van der Waals surface area contributed by atoms with Gasteiger partial charge in [0.25, 0.3) is 5.91 Å². The normalized spacial score (nSPS) is 13.9. The number of anilines is 3. The van der Waals surface area contributed by atoms with E-state index in [1.807, 2.05) is 56.3 Å². The van der Waals surface area contributed by atoms with Crippen LogP contribution in [0.1, 0.15) is 16.2 Å². The van der Waals surface area contributed by atoms with Crippen molar-refractivity contribution in [1.29, 1.82) is 0 Å². The molecule has 0 bridgehead atoms. The van der Waals surface area contributed by atoms with E-state index in [1.54, 1.807) is 0 Å². The summed E-state index contributed by atoms with van der Waals surface area (Å²) in [7, 11) is 3.94. The Labute approximate surface area is 165 Å². The summed E-state index contributed by atoms with van der Waals surface area (Å²) < 4.78 is 5.39. The highest BCUT2D eigenvalue weighted by atomic mass is 16.5. The van der Waals surface area contributed by atoms with Crippen molar-refractivity contribution in [2.24, 2.45) is 0 Å². The predicted octanol–water partition coefficient (Wildman–Crippen LogP) is 1.53. The van der Waals surface area contributed by atoms with Crippen LogP contribution >= 0.6 is 0 Å². The molecule has 0 spiro atoms. The number of ether oxygens (including phenoxy) is 1. The molecule has 0 aliphatic carbocycles. The zero-order valence-electron chi connectivity index (χ0n) is 16.7. The van der Waals surface area contributed by atoms with Crippen LogP contribution in [0.4, 0.5) is 17.3 Å². The average Bonchev–Trinajstić information content (AvgIpc) is 2.71. The lowest BCUT2D eigenvalue weighted by molar-refractivity contribution is 0.0955. The minimum Gasteiger partial charge on any atom is -0.378 e. The van der Waals surface area contributed by atoms with Crippen LogP contribution in [-0.4, -0.2) is 69.4 Å². The fourth-order valence-corrected chi connectivity index (χ4v) is 2.98. The molecule has 1 amide bonds. The van der Waals surface area contributed by atoms with Gasteiger partial charge < -0.3 is 25.2 Å². The standard InChI is InChI=1S/C20H28N6O2/c1-15-23-18(14-19(24-15)26-10-12-28-13-11-26)21-8-9-22-20(27)16-4-6-17(7-5-16)25(2)3/h4-7,14H,8-13H2,1-3H3,(H,22,27)(H,21,23,24). The van der Waals surface area contributed by atoms with Crippen molar-refractivity contribution >= 4 is 23.2 Å². The molecule has 8 nitrogen and oxygen atoms in total. The first-order valence-electron chi connectivity index (χ1n) is 9.51. The molecule has 150 valence electrons. The van der Waals surface area contributed by atoms with Crippen molar-refractivity contribution < 1.29 is 9.53 Å². The van der Waals surface area contributed by atoms with E-state index in [-0.39, 0.29) is 5.91 Å². The van der Waals surface area contributed by atoms with Gasteiger partial charge in [-0.2, -0.15) is 0 Å².